The van der Waals surface area contributed by atoms with Crippen molar-refractivity contribution in [1.29, 1.82) is 0 Å². The number of benzene rings is 5. The van der Waals surface area contributed by atoms with Crippen LogP contribution in [0.3, 0.4) is 0 Å². The normalized spacial score (nSPS) is 11.6. The lowest BCUT2D eigenvalue weighted by atomic mass is 9.92. The predicted octanol–water partition coefficient (Wildman–Crippen LogP) is 9.38. The number of para-hydroxylation sites is 2. The van der Waals surface area contributed by atoms with Gasteiger partial charge in [0.15, 0.2) is 0 Å². The smallest absolute Gasteiger partial charge is 0.0464 e. The Balaban J connectivity index is 1.39. The van der Waals surface area contributed by atoms with Gasteiger partial charge < -0.3 is 9.80 Å². The van der Waals surface area contributed by atoms with Gasteiger partial charge in [0.05, 0.1) is 0 Å². The maximum atomic E-state index is 2.32. The van der Waals surface area contributed by atoms with Crippen LogP contribution in [0.15, 0.2) is 133 Å². The summed E-state index contributed by atoms with van der Waals surface area (Å²) in [7, 11) is 2.11. The molecule has 0 heterocycles. The highest BCUT2D eigenvalue weighted by molar-refractivity contribution is 5.76. The highest BCUT2D eigenvalue weighted by Crippen LogP contribution is 2.36. The molecule has 2 heteroatoms. The summed E-state index contributed by atoms with van der Waals surface area (Å²) in [6, 6.07) is 47.6. The quantitative estimate of drug-likeness (QED) is 0.235. The Kier molecular flexibility index (Phi) is 6.86. The van der Waals surface area contributed by atoms with Crippen molar-refractivity contribution in [1.82, 2.24) is 0 Å². The van der Waals surface area contributed by atoms with Crippen LogP contribution in [0.2, 0.25) is 0 Å². The summed E-state index contributed by atoms with van der Waals surface area (Å²) < 4.78 is 0. The zero-order valence-corrected chi connectivity index (χ0v) is 21.2. The molecule has 0 amide bonds. The summed E-state index contributed by atoms with van der Waals surface area (Å²) in [5.41, 5.74) is 9.71. The summed E-state index contributed by atoms with van der Waals surface area (Å²) in [5, 5.41) is 0. The molecule has 0 bridgehead atoms. The Bertz CT molecular complexity index is 1390. The molecule has 0 aliphatic rings. The van der Waals surface area contributed by atoms with Crippen molar-refractivity contribution in [2.45, 2.75) is 19.8 Å². The zero-order valence-electron chi connectivity index (χ0n) is 21.2. The van der Waals surface area contributed by atoms with Gasteiger partial charge in [-0.25, -0.2) is 0 Å². The standard InChI is InChI=1S/C34H32N2/c1-26-11-10-16-34(25-26)36(32-14-8-5-9-15-32)33-23-19-29(20-24-33)27(2)28-17-21-31(22-18-28)35(3)30-12-6-4-7-13-30/h4-25,27H,1-3H3. The van der Waals surface area contributed by atoms with E-state index in [1.54, 1.807) is 0 Å². The maximum absolute atomic E-state index is 2.32. The molecule has 5 aromatic carbocycles. The fourth-order valence-electron chi connectivity index (χ4n) is 4.68. The van der Waals surface area contributed by atoms with Gasteiger partial charge in [-0.3, -0.25) is 0 Å². The van der Waals surface area contributed by atoms with E-state index in [1.165, 1.54) is 33.8 Å². The van der Waals surface area contributed by atoms with Gasteiger partial charge >= 0.3 is 0 Å². The molecule has 0 saturated carbocycles. The predicted molar refractivity (Wildman–Crippen MR) is 154 cm³/mol. The number of aryl methyl sites for hydroxylation is 1. The minimum atomic E-state index is 0.305. The van der Waals surface area contributed by atoms with Crippen molar-refractivity contribution < 1.29 is 0 Å². The van der Waals surface area contributed by atoms with Gasteiger partial charge in [0.1, 0.15) is 0 Å². The van der Waals surface area contributed by atoms with Crippen molar-refractivity contribution in [3.05, 3.63) is 150 Å². The molecule has 1 unspecified atom stereocenters. The Morgan fingerprint density at radius 3 is 1.47 bits per heavy atom. The fraction of sp³-hybridized carbons (Fsp3) is 0.118. The first-order valence-corrected chi connectivity index (χ1v) is 12.5. The molecule has 0 radical (unpaired) electrons. The Morgan fingerprint density at radius 2 is 0.917 bits per heavy atom. The Labute approximate surface area is 215 Å². The molecule has 0 aliphatic heterocycles. The molecule has 0 fully saturated rings. The third kappa shape index (κ3) is 5.04. The van der Waals surface area contributed by atoms with Crippen LogP contribution in [0.25, 0.3) is 0 Å². The van der Waals surface area contributed by atoms with E-state index in [2.05, 4.69) is 158 Å². The highest BCUT2D eigenvalue weighted by atomic mass is 15.1. The molecule has 5 rings (SSSR count). The van der Waals surface area contributed by atoms with Crippen LogP contribution in [-0.4, -0.2) is 7.05 Å². The average molecular weight is 469 g/mol. The van der Waals surface area contributed by atoms with E-state index in [1.807, 2.05) is 6.07 Å². The van der Waals surface area contributed by atoms with E-state index in [4.69, 9.17) is 0 Å². The molecule has 0 N–H and O–H groups in total. The zero-order chi connectivity index (χ0) is 24.9. The van der Waals surface area contributed by atoms with E-state index in [9.17, 15) is 0 Å². The number of anilines is 5. The lowest BCUT2D eigenvalue weighted by molar-refractivity contribution is 0.921. The summed E-state index contributed by atoms with van der Waals surface area (Å²) in [4.78, 5) is 4.53. The van der Waals surface area contributed by atoms with Gasteiger partial charge in [0.2, 0.25) is 0 Å². The van der Waals surface area contributed by atoms with Crippen LogP contribution in [0.1, 0.15) is 29.5 Å². The molecule has 0 spiro atoms. The van der Waals surface area contributed by atoms with Crippen molar-refractivity contribution in [2.75, 3.05) is 16.8 Å². The van der Waals surface area contributed by atoms with Gasteiger partial charge in [0.25, 0.3) is 0 Å². The van der Waals surface area contributed by atoms with Gasteiger partial charge in [-0.05, 0) is 84.3 Å². The topological polar surface area (TPSA) is 6.48 Å². The van der Waals surface area contributed by atoms with Gasteiger partial charge in [0, 0.05) is 41.4 Å². The van der Waals surface area contributed by atoms with Gasteiger partial charge in [-0.2, -0.15) is 0 Å². The van der Waals surface area contributed by atoms with Crippen molar-refractivity contribution in [3.63, 3.8) is 0 Å². The van der Waals surface area contributed by atoms with Crippen molar-refractivity contribution >= 4 is 28.4 Å². The Morgan fingerprint density at radius 1 is 0.472 bits per heavy atom. The molecule has 2 nitrogen and oxygen atoms in total. The SMILES string of the molecule is Cc1cccc(N(c2ccccc2)c2ccc(C(C)c3ccc(N(C)c4ccccc4)cc3)cc2)c1. The number of rotatable bonds is 7. The molecule has 36 heavy (non-hydrogen) atoms. The second-order valence-electron chi connectivity index (χ2n) is 9.31. The number of hydrogen-bond donors (Lipinski definition) is 0. The number of nitrogens with zero attached hydrogens (tertiary/aromatic N) is 2. The number of hydrogen-bond acceptors (Lipinski definition) is 2. The van der Waals surface area contributed by atoms with E-state index in [0.717, 1.165) is 11.4 Å². The minimum absolute atomic E-state index is 0.305. The van der Waals surface area contributed by atoms with Gasteiger partial charge in [-0.15, -0.1) is 0 Å². The molecular formula is C34H32N2. The lowest BCUT2D eigenvalue weighted by Crippen LogP contribution is -2.10. The van der Waals surface area contributed by atoms with Gasteiger partial charge in [-0.1, -0.05) is 79.7 Å². The van der Waals surface area contributed by atoms with Crippen molar-refractivity contribution in [2.24, 2.45) is 0 Å². The van der Waals surface area contributed by atoms with Crippen LogP contribution in [0.4, 0.5) is 28.4 Å². The third-order valence-electron chi connectivity index (χ3n) is 6.85. The van der Waals surface area contributed by atoms with E-state index in [-0.39, 0.29) is 0 Å². The van der Waals surface area contributed by atoms with Crippen LogP contribution >= 0.6 is 0 Å². The van der Waals surface area contributed by atoms with Crippen LogP contribution in [0.5, 0.6) is 0 Å². The van der Waals surface area contributed by atoms with Crippen LogP contribution in [-0.2, 0) is 0 Å². The van der Waals surface area contributed by atoms with E-state index >= 15 is 0 Å². The molecular weight excluding hydrogens is 436 g/mol. The summed E-state index contributed by atoms with van der Waals surface area (Å²) in [6.07, 6.45) is 0. The lowest BCUT2D eigenvalue weighted by Gasteiger charge is -2.26. The molecule has 0 saturated heterocycles. The average Bonchev–Trinajstić information content (AvgIpc) is 2.94. The van der Waals surface area contributed by atoms with Crippen LogP contribution < -0.4 is 9.80 Å². The molecule has 0 aliphatic carbocycles. The second-order valence-corrected chi connectivity index (χ2v) is 9.31. The second kappa shape index (κ2) is 10.5. The Hall–Kier alpha value is -4.30. The summed E-state index contributed by atoms with van der Waals surface area (Å²) in [6.45, 7) is 4.42. The summed E-state index contributed by atoms with van der Waals surface area (Å²) >= 11 is 0. The fourth-order valence-corrected chi connectivity index (χ4v) is 4.68. The summed E-state index contributed by atoms with van der Waals surface area (Å²) in [5.74, 6) is 0.305. The minimum Gasteiger partial charge on any atom is -0.345 e. The molecule has 0 aromatic heterocycles. The van der Waals surface area contributed by atoms with Crippen LogP contribution in [0, 0.1) is 6.92 Å². The molecule has 1 atom stereocenters. The van der Waals surface area contributed by atoms with E-state index in [0.29, 0.717) is 5.92 Å². The highest BCUT2D eigenvalue weighted by Gasteiger charge is 2.14. The first-order valence-electron chi connectivity index (χ1n) is 12.5. The van der Waals surface area contributed by atoms with E-state index < -0.39 is 0 Å². The van der Waals surface area contributed by atoms with Crippen molar-refractivity contribution in [3.8, 4) is 0 Å². The largest absolute Gasteiger partial charge is 0.345 e. The molecule has 178 valence electrons. The first-order chi connectivity index (χ1) is 17.6. The third-order valence-corrected chi connectivity index (χ3v) is 6.85. The first kappa shape index (κ1) is 23.4. The molecule has 5 aromatic rings. The monoisotopic (exact) mass is 468 g/mol. The maximum Gasteiger partial charge on any atom is 0.0464 e.